The summed E-state index contributed by atoms with van der Waals surface area (Å²) in [5.41, 5.74) is 2.53. The summed E-state index contributed by atoms with van der Waals surface area (Å²) in [7, 11) is 0. The van der Waals surface area contributed by atoms with Crippen molar-refractivity contribution < 1.29 is 0 Å². The number of fused-ring (bicyclic) bond motifs is 3. The molecule has 4 heteroatoms. The van der Waals surface area contributed by atoms with Gasteiger partial charge in [0.25, 0.3) is 0 Å². The van der Waals surface area contributed by atoms with E-state index in [-0.39, 0.29) is 0 Å². The number of aromatic nitrogens is 4. The third kappa shape index (κ3) is 0.939. The molecule has 0 saturated carbocycles. The van der Waals surface area contributed by atoms with Gasteiger partial charge in [0.15, 0.2) is 0 Å². The van der Waals surface area contributed by atoms with Crippen molar-refractivity contribution in [3.63, 3.8) is 0 Å². The lowest BCUT2D eigenvalue weighted by Crippen LogP contribution is -1.74. The van der Waals surface area contributed by atoms with Gasteiger partial charge in [-0.15, -0.1) is 10.2 Å². The number of hydrogen-bond acceptors (Lipinski definition) is 4. The molecule has 14 heavy (non-hydrogen) atoms. The van der Waals surface area contributed by atoms with Gasteiger partial charge in [0.05, 0.1) is 5.52 Å². The molecule has 0 fully saturated rings. The van der Waals surface area contributed by atoms with Crippen LogP contribution < -0.4 is 0 Å². The highest BCUT2D eigenvalue weighted by Crippen LogP contribution is 2.18. The van der Waals surface area contributed by atoms with Crippen molar-refractivity contribution >= 4 is 21.9 Å². The molecule has 0 N–H and O–H groups in total. The zero-order chi connectivity index (χ0) is 9.38. The van der Waals surface area contributed by atoms with Crippen molar-refractivity contribution in [2.75, 3.05) is 0 Å². The average molecular weight is 182 g/mol. The third-order valence-electron chi connectivity index (χ3n) is 2.14. The zero-order valence-corrected chi connectivity index (χ0v) is 7.25. The van der Waals surface area contributed by atoms with Crippen molar-refractivity contribution in [1.29, 1.82) is 0 Å². The molecule has 0 aliphatic heterocycles. The van der Waals surface area contributed by atoms with Crippen LogP contribution in [0, 0.1) is 0 Å². The lowest BCUT2D eigenvalue weighted by Gasteiger charge is -1.90. The molecule has 1 aromatic carbocycles. The van der Waals surface area contributed by atoms with Gasteiger partial charge in [0, 0.05) is 11.6 Å². The summed E-state index contributed by atoms with van der Waals surface area (Å²) in [5.74, 6) is 0. The minimum atomic E-state index is 0.811. The normalized spacial score (nSPS) is 10.9. The smallest absolute Gasteiger partial charge is 0.124 e. The van der Waals surface area contributed by atoms with Crippen LogP contribution in [0.15, 0.2) is 36.5 Å². The first kappa shape index (κ1) is 7.32. The van der Waals surface area contributed by atoms with Gasteiger partial charge < -0.3 is 0 Å². The topological polar surface area (TPSA) is 51.6 Å². The molecule has 3 rings (SSSR count). The van der Waals surface area contributed by atoms with Crippen LogP contribution in [0.25, 0.3) is 21.9 Å². The summed E-state index contributed by atoms with van der Waals surface area (Å²) in [6.45, 7) is 0. The van der Waals surface area contributed by atoms with Crippen LogP contribution >= 0.6 is 0 Å². The van der Waals surface area contributed by atoms with Crippen molar-refractivity contribution in [1.82, 2.24) is 20.4 Å². The van der Waals surface area contributed by atoms with Gasteiger partial charge in [-0.05, 0) is 23.4 Å². The van der Waals surface area contributed by atoms with E-state index in [1.165, 1.54) is 0 Å². The minimum Gasteiger partial charge on any atom is -0.256 e. The maximum Gasteiger partial charge on any atom is 0.124 e. The minimum absolute atomic E-state index is 0.811. The van der Waals surface area contributed by atoms with E-state index in [4.69, 9.17) is 0 Å². The predicted octanol–water partition coefficient (Wildman–Crippen LogP) is 1.57. The Morgan fingerprint density at radius 3 is 2.79 bits per heavy atom. The maximum absolute atomic E-state index is 4.28. The first-order chi connectivity index (χ1) is 6.95. The standard InChI is InChI=1S/C10H6N4/c1-2-6-11-8-4-5-9-10(7(8)3-1)13-14-12-9/h1-6H. The van der Waals surface area contributed by atoms with Gasteiger partial charge in [-0.3, -0.25) is 4.98 Å². The fraction of sp³-hybridized carbons (Fsp3) is 0. The molecule has 0 aliphatic rings. The molecule has 66 valence electrons. The highest BCUT2D eigenvalue weighted by Gasteiger charge is 2.02. The summed E-state index contributed by atoms with van der Waals surface area (Å²) in [5, 5.41) is 12.5. The van der Waals surface area contributed by atoms with Gasteiger partial charge in [-0.1, -0.05) is 12.1 Å². The zero-order valence-electron chi connectivity index (χ0n) is 7.25. The monoisotopic (exact) mass is 182 g/mol. The SMILES string of the molecule is c1ccc2c(ccc3nnnc32)nc1. The second kappa shape index (κ2) is 2.70. The van der Waals surface area contributed by atoms with Crippen LogP contribution in [-0.4, -0.2) is 20.4 Å². The fourth-order valence-electron chi connectivity index (χ4n) is 1.49. The molecule has 2 heterocycles. The Morgan fingerprint density at radius 1 is 0.857 bits per heavy atom. The second-order valence-electron chi connectivity index (χ2n) is 2.99. The van der Waals surface area contributed by atoms with E-state index in [9.17, 15) is 0 Å². The van der Waals surface area contributed by atoms with Gasteiger partial charge in [0.1, 0.15) is 11.0 Å². The fourth-order valence-corrected chi connectivity index (χ4v) is 1.49. The summed E-state index contributed by atoms with van der Waals surface area (Å²) < 4.78 is 0. The Kier molecular flexibility index (Phi) is 1.41. The molecule has 0 spiro atoms. The molecule has 4 nitrogen and oxygen atoms in total. The highest BCUT2D eigenvalue weighted by molar-refractivity contribution is 6.01. The van der Waals surface area contributed by atoms with Gasteiger partial charge in [-0.25, -0.2) is 0 Å². The van der Waals surface area contributed by atoms with E-state index in [0.29, 0.717) is 0 Å². The van der Waals surface area contributed by atoms with Crippen LogP contribution in [0.2, 0.25) is 0 Å². The molecule has 3 aromatic rings. The largest absolute Gasteiger partial charge is 0.256 e. The molecule has 0 atom stereocenters. The van der Waals surface area contributed by atoms with Crippen molar-refractivity contribution in [2.24, 2.45) is 0 Å². The molecule has 0 unspecified atom stereocenters. The van der Waals surface area contributed by atoms with Gasteiger partial charge in [0.2, 0.25) is 0 Å². The van der Waals surface area contributed by atoms with Crippen LogP contribution in [0.3, 0.4) is 0 Å². The Morgan fingerprint density at radius 2 is 1.79 bits per heavy atom. The molecule has 0 bridgehead atoms. The first-order valence-corrected chi connectivity index (χ1v) is 4.28. The van der Waals surface area contributed by atoms with E-state index in [0.717, 1.165) is 21.9 Å². The molecular weight excluding hydrogens is 176 g/mol. The average Bonchev–Trinajstić information content (AvgIpc) is 2.55. The van der Waals surface area contributed by atoms with Crippen LogP contribution in [0.1, 0.15) is 0 Å². The second-order valence-corrected chi connectivity index (χ2v) is 2.99. The van der Waals surface area contributed by atoms with Crippen LogP contribution in [-0.2, 0) is 0 Å². The maximum atomic E-state index is 4.28. The highest BCUT2D eigenvalue weighted by atomic mass is 15.3. The summed E-state index contributed by atoms with van der Waals surface area (Å²) in [6.07, 6.45) is 1.76. The third-order valence-corrected chi connectivity index (χ3v) is 2.14. The molecule has 0 aliphatic carbocycles. The molecular formula is C10H6N4. The van der Waals surface area contributed by atoms with E-state index >= 15 is 0 Å². The van der Waals surface area contributed by atoms with Gasteiger partial charge in [-0.2, -0.15) is 0 Å². The molecule has 0 saturated heterocycles. The lowest BCUT2D eigenvalue weighted by atomic mass is 10.2. The van der Waals surface area contributed by atoms with Crippen molar-refractivity contribution in [2.45, 2.75) is 0 Å². The molecule has 0 amide bonds. The summed E-state index contributed by atoms with van der Waals surface area (Å²) in [6, 6.07) is 9.60. The van der Waals surface area contributed by atoms with Crippen molar-refractivity contribution in [3.05, 3.63) is 36.5 Å². The Balaban J connectivity index is 2.64. The Bertz CT molecular complexity index is 606. The van der Waals surface area contributed by atoms with E-state index < -0.39 is 0 Å². The number of nitrogens with zero attached hydrogens (tertiary/aromatic N) is 4. The van der Waals surface area contributed by atoms with Gasteiger partial charge >= 0.3 is 0 Å². The Hall–Kier alpha value is -2.10. The predicted molar refractivity (Wildman–Crippen MR) is 52.6 cm³/mol. The molecule has 0 radical (unpaired) electrons. The number of hydrogen-bond donors (Lipinski definition) is 0. The summed E-state index contributed by atoms with van der Waals surface area (Å²) in [4.78, 5) is 4.28. The number of benzene rings is 1. The van der Waals surface area contributed by atoms with Crippen LogP contribution in [0.4, 0.5) is 0 Å². The van der Waals surface area contributed by atoms with E-state index in [1.54, 1.807) is 6.20 Å². The quantitative estimate of drug-likeness (QED) is 0.529. The van der Waals surface area contributed by atoms with Crippen LogP contribution in [0.5, 0.6) is 0 Å². The summed E-state index contributed by atoms with van der Waals surface area (Å²) >= 11 is 0. The first-order valence-electron chi connectivity index (χ1n) is 4.28. The number of rotatable bonds is 0. The van der Waals surface area contributed by atoms with E-state index in [1.807, 2.05) is 30.3 Å². The van der Waals surface area contributed by atoms with E-state index in [2.05, 4.69) is 20.4 Å². The van der Waals surface area contributed by atoms with Crippen molar-refractivity contribution in [3.8, 4) is 0 Å². The molecule has 2 aromatic heterocycles. The Labute approximate surface area is 79.6 Å². The lowest BCUT2D eigenvalue weighted by molar-refractivity contribution is 0.960.